The molecule has 3 N–H and O–H groups in total. The third-order valence-corrected chi connectivity index (χ3v) is 6.97. The Morgan fingerprint density at radius 3 is 2.38 bits per heavy atom. The van der Waals surface area contributed by atoms with Gasteiger partial charge in [-0.25, -0.2) is 9.07 Å². The minimum Gasteiger partial charge on any atom is -0.481 e. The number of halogens is 3. The largest absolute Gasteiger partial charge is 0.481 e. The van der Waals surface area contributed by atoms with E-state index in [0.717, 1.165) is 0 Å². The number of hydrogen-bond donors (Lipinski definition) is 3. The molecule has 0 aliphatic rings. The lowest BCUT2D eigenvalue weighted by Crippen LogP contribution is -2.45. The maximum atomic E-state index is 13.5. The van der Waals surface area contributed by atoms with E-state index in [2.05, 4.69) is 10.4 Å². The van der Waals surface area contributed by atoms with Gasteiger partial charge in [0.05, 0.1) is 28.2 Å². The number of aliphatic carboxylic acids is 1. The third-order valence-electron chi connectivity index (χ3n) is 6.14. The van der Waals surface area contributed by atoms with Crippen molar-refractivity contribution in [2.24, 2.45) is 5.41 Å². The van der Waals surface area contributed by atoms with E-state index in [1.807, 2.05) is 20.8 Å². The molecule has 0 aliphatic heterocycles. The minimum atomic E-state index is -1.23. The molecular weight excluding hydrogens is 524 g/mol. The molecular formula is C26H28Cl2FN3O5. The van der Waals surface area contributed by atoms with Gasteiger partial charge in [-0.1, -0.05) is 56.1 Å². The smallest absolute Gasteiger partial charge is 0.305 e. The number of ether oxygens (including phenoxy) is 1. The first kappa shape index (κ1) is 28.4. The molecule has 1 aromatic heterocycles. The summed E-state index contributed by atoms with van der Waals surface area (Å²) in [7, 11) is 0. The van der Waals surface area contributed by atoms with Crippen LogP contribution in [0.3, 0.4) is 0 Å². The van der Waals surface area contributed by atoms with Gasteiger partial charge >= 0.3 is 5.97 Å². The highest BCUT2D eigenvalue weighted by molar-refractivity contribution is 6.42. The third kappa shape index (κ3) is 6.80. The predicted molar refractivity (Wildman–Crippen MR) is 138 cm³/mol. The van der Waals surface area contributed by atoms with Gasteiger partial charge in [0, 0.05) is 6.07 Å². The van der Waals surface area contributed by atoms with Crippen molar-refractivity contribution in [3.8, 4) is 11.6 Å². The van der Waals surface area contributed by atoms with Crippen LogP contribution in [0.15, 0.2) is 48.5 Å². The molecule has 1 heterocycles. The maximum absolute atomic E-state index is 13.5. The van der Waals surface area contributed by atoms with Crippen molar-refractivity contribution in [3.05, 3.63) is 75.7 Å². The number of benzene rings is 2. The van der Waals surface area contributed by atoms with Crippen LogP contribution in [0.1, 0.15) is 56.2 Å². The Bertz CT molecular complexity index is 1290. The van der Waals surface area contributed by atoms with E-state index in [1.54, 1.807) is 25.1 Å². The quantitative estimate of drug-likeness (QED) is 0.326. The molecule has 0 spiro atoms. The molecule has 0 saturated carbocycles. The van der Waals surface area contributed by atoms with Crippen LogP contribution in [-0.4, -0.2) is 44.1 Å². The van der Waals surface area contributed by atoms with Crippen molar-refractivity contribution in [1.82, 2.24) is 15.1 Å². The molecule has 3 rings (SSSR count). The van der Waals surface area contributed by atoms with Crippen LogP contribution in [0.25, 0.3) is 5.69 Å². The number of carbonyl (C=O) groups is 2. The number of carboxylic acids is 1. The summed E-state index contributed by atoms with van der Waals surface area (Å²) in [6.07, 6.45) is -0.456. The molecule has 0 bridgehead atoms. The van der Waals surface area contributed by atoms with Crippen LogP contribution < -0.4 is 10.1 Å². The molecule has 11 heteroatoms. The first-order valence-corrected chi connectivity index (χ1v) is 12.1. The molecule has 8 nitrogen and oxygen atoms in total. The normalized spacial score (nSPS) is 14.1. The van der Waals surface area contributed by atoms with Crippen molar-refractivity contribution in [2.45, 2.75) is 45.8 Å². The highest BCUT2D eigenvalue weighted by Crippen LogP contribution is 2.33. The second-order valence-electron chi connectivity index (χ2n) is 9.84. The van der Waals surface area contributed by atoms with Gasteiger partial charge in [0.25, 0.3) is 5.91 Å². The summed E-state index contributed by atoms with van der Waals surface area (Å²) < 4.78 is 20.7. The van der Waals surface area contributed by atoms with E-state index >= 15 is 0 Å². The Morgan fingerprint density at radius 2 is 1.78 bits per heavy atom. The van der Waals surface area contributed by atoms with Crippen molar-refractivity contribution < 1.29 is 28.9 Å². The van der Waals surface area contributed by atoms with Crippen LogP contribution in [-0.2, 0) is 4.79 Å². The lowest BCUT2D eigenvalue weighted by molar-refractivity contribution is -0.137. The van der Waals surface area contributed by atoms with Crippen molar-refractivity contribution >= 4 is 35.1 Å². The Balaban J connectivity index is 1.96. The standard InChI is InChI=1S/C26H28Cl2FN3O5/c1-25(2,3)26(4,36)14-37-21-12-20(31-32(21)16-10-8-15(29)9-11-16)24(35)30-19(13-22(33)34)17-6-5-7-18(27)23(17)28/h5-12,19,36H,13-14H2,1-4H3,(H,30,35)(H,33,34). The molecule has 2 aromatic carbocycles. The first-order chi connectivity index (χ1) is 17.2. The zero-order valence-electron chi connectivity index (χ0n) is 20.8. The molecule has 2 unspecified atom stereocenters. The number of nitrogens with zero attached hydrogens (tertiary/aromatic N) is 2. The summed E-state index contributed by atoms with van der Waals surface area (Å²) >= 11 is 12.4. The van der Waals surface area contributed by atoms with Gasteiger partial charge in [-0.3, -0.25) is 9.59 Å². The first-order valence-electron chi connectivity index (χ1n) is 11.4. The average Bonchev–Trinajstić information content (AvgIpc) is 3.23. The molecule has 37 heavy (non-hydrogen) atoms. The fourth-order valence-electron chi connectivity index (χ4n) is 3.21. The number of nitrogens with one attached hydrogen (secondary N) is 1. The zero-order chi connectivity index (χ0) is 27.5. The summed E-state index contributed by atoms with van der Waals surface area (Å²) in [4.78, 5) is 24.7. The monoisotopic (exact) mass is 551 g/mol. The van der Waals surface area contributed by atoms with Gasteiger partial charge in [0.15, 0.2) is 5.69 Å². The average molecular weight is 552 g/mol. The Kier molecular flexibility index (Phi) is 8.52. The number of hydrogen-bond acceptors (Lipinski definition) is 5. The number of amides is 1. The van der Waals surface area contributed by atoms with Crippen molar-refractivity contribution in [3.63, 3.8) is 0 Å². The number of rotatable bonds is 9. The summed E-state index contributed by atoms with van der Waals surface area (Å²) in [6, 6.07) is 10.4. The van der Waals surface area contributed by atoms with Gasteiger partial charge in [-0.2, -0.15) is 5.10 Å². The van der Waals surface area contributed by atoms with E-state index in [1.165, 1.54) is 35.0 Å². The van der Waals surface area contributed by atoms with Gasteiger partial charge in [-0.05, 0) is 48.2 Å². The number of carboxylic acid groups (broad SMARTS) is 1. The lowest BCUT2D eigenvalue weighted by atomic mass is 9.78. The van der Waals surface area contributed by atoms with E-state index < -0.39 is 41.2 Å². The highest BCUT2D eigenvalue weighted by atomic mass is 35.5. The van der Waals surface area contributed by atoms with Gasteiger partial charge in [0.1, 0.15) is 18.0 Å². The number of carbonyl (C=O) groups excluding carboxylic acids is 1. The topological polar surface area (TPSA) is 114 Å². The van der Waals surface area contributed by atoms with E-state index in [9.17, 15) is 24.2 Å². The molecule has 0 fully saturated rings. The summed E-state index contributed by atoms with van der Waals surface area (Å²) in [6.45, 7) is 7.08. The molecule has 1 amide bonds. The van der Waals surface area contributed by atoms with Gasteiger partial charge in [-0.15, -0.1) is 0 Å². The second-order valence-corrected chi connectivity index (χ2v) is 10.6. The summed E-state index contributed by atoms with van der Waals surface area (Å²) in [5.41, 5.74) is -1.10. The van der Waals surface area contributed by atoms with Crippen LogP contribution in [0, 0.1) is 11.2 Å². The number of aliphatic hydroxyl groups is 1. The fraction of sp³-hybridized carbons (Fsp3) is 0.346. The van der Waals surface area contributed by atoms with Crippen LogP contribution in [0.2, 0.25) is 10.0 Å². The molecule has 0 saturated heterocycles. The molecule has 2 atom stereocenters. The Morgan fingerprint density at radius 1 is 1.14 bits per heavy atom. The number of aromatic nitrogens is 2. The van der Waals surface area contributed by atoms with E-state index in [0.29, 0.717) is 11.3 Å². The second kappa shape index (κ2) is 11.1. The van der Waals surface area contributed by atoms with Crippen molar-refractivity contribution in [1.29, 1.82) is 0 Å². The van der Waals surface area contributed by atoms with Crippen LogP contribution in [0.5, 0.6) is 5.88 Å². The van der Waals surface area contributed by atoms with Crippen LogP contribution in [0.4, 0.5) is 4.39 Å². The lowest BCUT2D eigenvalue weighted by Gasteiger charge is -2.36. The Hall–Kier alpha value is -3.14. The molecule has 0 radical (unpaired) electrons. The minimum absolute atomic E-state index is 0.0942. The predicted octanol–water partition coefficient (Wildman–Crippen LogP) is 5.44. The van der Waals surface area contributed by atoms with E-state index in [4.69, 9.17) is 27.9 Å². The Labute approximate surface area is 224 Å². The highest BCUT2D eigenvalue weighted by Gasteiger charge is 2.36. The zero-order valence-corrected chi connectivity index (χ0v) is 22.3. The fourth-order valence-corrected chi connectivity index (χ4v) is 3.65. The SMILES string of the molecule is CC(C)(C)C(C)(O)COc1cc(C(=O)NC(CC(=O)O)c2cccc(Cl)c2Cl)nn1-c1ccc(F)cc1. The van der Waals surface area contributed by atoms with E-state index in [-0.39, 0.29) is 28.2 Å². The van der Waals surface area contributed by atoms with Crippen LogP contribution >= 0.6 is 23.2 Å². The summed E-state index contributed by atoms with van der Waals surface area (Å²) in [5.74, 6) is -2.19. The summed E-state index contributed by atoms with van der Waals surface area (Å²) in [5, 5.41) is 27.5. The van der Waals surface area contributed by atoms with Gasteiger partial charge < -0.3 is 20.3 Å². The maximum Gasteiger partial charge on any atom is 0.305 e. The molecule has 3 aromatic rings. The van der Waals surface area contributed by atoms with Gasteiger partial charge in [0.2, 0.25) is 5.88 Å². The van der Waals surface area contributed by atoms with Crippen molar-refractivity contribution in [2.75, 3.05) is 6.61 Å². The molecule has 198 valence electrons. The molecule has 0 aliphatic carbocycles.